The topological polar surface area (TPSA) is 44.4 Å². The van der Waals surface area contributed by atoms with E-state index >= 15 is 0 Å². The summed E-state index contributed by atoms with van der Waals surface area (Å²) in [5.41, 5.74) is 2.47. The molecule has 21 heavy (non-hydrogen) atoms. The van der Waals surface area contributed by atoms with Crippen molar-refractivity contribution in [2.24, 2.45) is 0 Å². The third kappa shape index (κ3) is 3.76. The van der Waals surface area contributed by atoms with Crippen molar-refractivity contribution in [2.45, 2.75) is 31.6 Å². The van der Waals surface area contributed by atoms with Gasteiger partial charge < -0.3 is 15.5 Å². The van der Waals surface area contributed by atoms with Crippen molar-refractivity contribution in [1.82, 2.24) is 10.2 Å². The number of benzene rings is 1. The van der Waals surface area contributed by atoms with E-state index in [0.29, 0.717) is 12.3 Å². The van der Waals surface area contributed by atoms with Crippen molar-refractivity contribution in [2.75, 3.05) is 38.0 Å². The largest absolute Gasteiger partial charge is 0.384 e. The number of carbonyl (C=O) groups excluding carboxylic acids is 1. The van der Waals surface area contributed by atoms with E-state index in [-0.39, 0.29) is 5.91 Å². The molecule has 0 aromatic heterocycles. The fourth-order valence-corrected chi connectivity index (χ4v) is 3.37. The summed E-state index contributed by atoms with van der Waals surface area (Å²) in [6.07, 6.45) is 4.55. The first kappa shape index (κ1) is 14.4. The first-order valence-electron chi connectivity index (χ1n) is 8.15. The van der Waals surface area contributed by atoms with Gasteiger partial charge in [-0.15, -0.1) is 0 Å². The van der Waals surface area contributed by atoms with Gasteiger partial charge in [0.1, 0.15) is 0 Å². The van der Waals surface area contributed by atoms with Crippen LogP contribution < -0.4 is 10.6 Å². The third-order valence-electron chi connectivity index (χ3n) is 4.57. The predicted octanol–water partition coefficient (Wildman–Crippen LogP) is 2.19. The molecule has 4 nitrogen and oxygen atoms in total. The van der Waals surface area contributed by atoms with Crippen LogP contribution >= 0.6 is 0 Å². The van der Waals surface area contributed by atoms with Crippen LogP contribution in [0, 0.1) is 0 Å². The highest BCUT2D eigenvalue weighted by Crippen LogP contribution is 2.32. The minimum Gasteiger partial charge on any atom is -0.384 e. The Labute approximate surface area is 126 Å². The summed E-state index contributed by atoms with van der Waals surface area (Å²) < 4.78 is 0. The van der Waals surface area contributed by atoms with Crippen molar-refractivity contribution in [3.63, 3.8) is 0 Å². The Bertz CT molecular complexity index is 483. The van der Waals surface area contributed by atoms with Crippen LogP contribution in [0.15, 0.2) is 24.3 Å². The van der Waals surface area contributed by atoms with Crippen LogP contribution in [0.5, 0.6) is 0 Å². The number of para-hydroxylation sites is 1. The number of rotatable bonds is 5. The number of anilines is 1. The minimum absolute atomic E-state index is 0.176. The third-order valence-corrected chi connectivity index (χ3v) is 4.57. The summed E-state index contributed by atoms with van der Waals surface area (Å²) in [6, 6.07) is 8.30. The van der Waals surface area contributed by atoms with Crippen LogP contribution in [0.3, 0.4) is 0 Å². The first-order valence-corrected chi connectivity index (χ1v) is 8.15. The summed E-state index contributed by atoms with van der Waals surface area (Å²) in [4.78, 5) is 14.5. The van der Waals surface area contributed by atoms with Gasteiger partial charge in [-0.05, 0) is 37.6 Å². The fourth-order valence-electron chi connectivity index (χ4n) is 3.37. The second kappa shape index (κ2) is 6.94. The summed E-state index contributed by atoms with van der Waals surface area (Å²) in [7, 11) is 0. The molecule has 1 unspecified atom stereocenters. The van der Waals surface area contributed by atoms with E-state index in [2.05, 4.69) is 27.7 Å². The number of amides is 1. The lowest BCUT2D eigenvalue weighted by atomic mass is 9.97. The lowest BCUT2D eigenvalue weighted by Gasteiger charge is -2.26. The molecular weight excluding hydrogens is 262 g/mol. The van der Waals surface area contributed by atoms with Gasteiger partial charge in [-0.25, -0.2) is 0 Å². The quantitative estimate of drug-likeness (QED) is 0.872. The van der Waals surface area contributed by atoms with Gasteiger partial charge in [0.2, 0.25) is 5.91 Å². The standard InChI is InChI=1S/C17H25N3O/c21-17(18-8-11-20-9-4-1-5-10-20)12-14-13-19-16-7-3-2-6-15(14)16/h2-3,6-7,14,19H,1,4-5,8-13H2,(H,18,21). The Kier molecular flexibility index (Phi) is 4.76. The highest BCUT2D eigenvalue weighted by atomic mass is 16.1. The van der Waals surface area contributed by atoms with E-state index in [1.807, 2.05) is 12.1 Å². The first-order chi connectivity index (χ1) is 10.3. The van der Waals surface area contributed by atoms with Crippen molar-refractivity contribution >= 4 is 11.6 Å². The molecule has 1 aromatic carbocycles. The fraction of sp³-hybridized carbons (Fsp3) is 0.588. The summed E-state index contributed by atoms with van der Waals surface area (Å²) in [6.45, 7) is 5.02. The zero-order valence-corrected chi connectivity index (χ0v) is 12.6. The van der Waals surface area contributed by atoms with Gasteiger partial charge >= 0.3 is 0 Å². The number of hydrogen-bond acceptors (Lipinski definition) is 3. The predicted molar refractivity (Wildman–Crippen MR) is 85.6 cm³/mol. The molecule has 0 aliphatic carbocycles. The molecule has 4 heteroatoms. The Hall–Kier alpha value is -1.55. The van der Waals surface area contributed by atoms with Gasteiger partial charge in [-0.1, -0.05) is 24.6 Å². The number of nitrogens with zero attached hydrogens (tertiary/aromatic N) is 1. The van der Waals surface area contributed by atoms with E-state index in [9.17, 15) is 4.79 Å². The molecule has 0 saturated carbocycles. The Morgan fingerprint density at radius 1 is 1.24 bits per heavy atom. The maximum Gasteiger partial charge on any atom is 0.220 e. The SMILES string of the molecule is O=C(CC1CNc2ccccc21)NCCN1CCCCC1. The molecule has 2 N–H and O–H groups in total. The van der Waals surface area contributed by atoms with Gasteiger partial charge in [-0.2, -0.15) is 0 Å². The van der Waals surface area contributed by atoms with Gasteiger partial charge in [-0.3, -0.25) is 4.79 Å². The lowest BCUT2D eigenvalue weighted by molar-refractivity contribution is -0.121. The molecule has 0 bridgehead atoms. The monoisotopic (exact) mass is 287 g/mol. The lowest BCUT2D eigenvalue weighted by Crippen LogP contribution is -2.38. The van der Waals surface area contributed by atoms with Crippen LogP contribution in [-0.2, 0) is 4.79 Å². The van der Waals surface area contributed by atoms with E-state index in [0.717, 1.165) is 19.6 Å². The van der Waals surface area contributed by atoms with Crippen LogP contribution in [0.1, 0.15) is 37.2 Å². The van der Waals surface area contributed by atoms with Crippen LogP contribution in [0.2, 0.25) is 0 Å². The van der Waals surface area contributed by atoms with Gasteiger partial charge in [0, 0.05) is 37.7 Å². The second-order valence-electron chi connectivity index (χ2n) is 6.12. The molecule has 1 atom stereocenters. The zero-order chi connectivity index (χ0) is 14.5. The molecule has 114 valence electrons. The summed E-state index contributed by atoms with van der Waals surface area (Å²) in [5.74, 6) is 0.492. The van der Waals surface area contributed by atoms with Gasteiger partial charge in [0.15, 0.2) is 0 Å². The highest BCUT2D eigenvalue weighted by molar-refractivity contribution is 5.78. The zero-order valence-electron chi connectivity index (χ0n) is 12.6. The van der Waals surface area contributed by atoms with Gasteiger partial charge in [0.25, 0.3) is 0 Å². The molecule has 1 amide bonds. The number of likely N-dealkylation sites (tertiary alicyclic amines) is 1. The number of piperidine rings is 1. The summed E-state index contributed by atoms with van der Waals surface area (Å²) in [5, 5.41) is 6.45. The minimum atomic E-state index is 0.176. The van der Waals surface area contributed by atoms with Crippen LogP contribution in [0.4, 0.5) is 5.69 Å². The highest BCUT2D eigenvalue weighted by Gasteiger charge is 2.23. The summed E-state index contributed by atoms with van der Waals surface area (Å²) >= 11 is 0. The van der Waals surface area contributed by atoms with Crippen molar-refractivity contribution in [1.29, 1.82) is 0 Å². The molecule has 1 fully saturated rings. The Morgan fingerprint density at radius 2 is 2.05 bits per heavy atom. The van der Waals surface area contributed by atoms with E-state index < -0.39 is 0 Å². The molecular formula is C17H25N3O. The molecule has 2 aliphatic heterocycles. The number of fused-ring (bicyclic) bond motifs is 1. The molecule has 2 aliphatic rings. The Morgan fingerprint density at radius 3 is 2.90 bits per heavy atom. The van der Waals surface area contributed by atoms with Crippen molar-refractivity contribution in [3.05, 3.63) is 29.8 Å². The average molecular weight is 287 g/mol. The van der Waals surface area contributed by atoms with Crippen molar-refractivity contribution in [3.8, 4) is 0 Å². The van der Waals surface area contributed by atoms with Crippen LogP contribution in [-0.4, -0.2) is 43.5 Å². The normalized spacial score (nSPS) is 21.6. The second-order valence-corrected chi connectivity index (χ2v) is 6.12. The Balaban J connectivity index is 1.40. The molecule has 0 radical (unpaired) electrons. The number of hydrogen-bond donors (Lipinski definition) is 2. The molecule has 2 heterocycles. The molecule has 3 rings (SSSR count). The molecule has 1 aromatic rings. The average Bonchev–Trinajstić information content (AvgIpc) is 2.92. The maximum absolute atomic E-state index is 12.1. The number of carbonyl (C=O) groups is 1. The van der Waals surface area contributed by atoms with Crippen molar-refractivity contribution < 1.29 is 4.79 Å². The maximum atomic E-state index is 12.1. The molecule has 1 saturated heterocycles. The van der Waals surface area contributed by atoms with E-state index in [4.69, 9.17) is 0 Å². The van der Waals surface area contributed by atoms with Crippen LogP contribution in [0.25, 0.3) is 0 Å². The van der Waals surface area contributed by atoms with E-state index in [1.54, 1.807) is 0 Å². The van der Waals surface area contributed by atoms with E-state index in [1.165, 1.54) is 43.6 Å². The molecule has 0 spiro atoms. The number of nitrogens with one attached hydrogen (secondary N) is 2. The smallest absolute Gasteiger partial charge is 0.220 e. The van der Waals surface area contributed by atoms with Gasteiger partial charge in [0.05, 0.1) is 0 Å².